The fourth-order valence-corrected chi connectivity index (χ4v) is 3.57. The van der Waals surface area contributed by atoms with Gasteiger partial charge in [0.25, 0.3) is 5.69 Å². The van der Waals surface area contributed by atoms with Crippen molar-refractivity contribution >= 4 is 27.3 Å². The number of nitrogens with zero attached hydrogens (tertiary/aromatic N) is 4. The molecule has 1 aromatic carbocycles. The second-order valence-electron chi connectivity index (χ2n) is 6.34. The number of aryl methyl sites for hydroxylation is 1. The Kier molecular flexibility index (Phi) is 4.58. The van der Waals surface area contributed by atoms with Gasteiger partial charge >= 0.3 is 0 Å². The molecule has 0 spiro atoms. The molecule has 128 valence electrons. The van der Waals surface area contributed by atoms with E-state index in [9.17, 15) is 10.1 Å². The average molecular weight is 395 g/mol. The second kappa shape index (κ2) is 6.51. The lowest BCUT2D eigenvalue weighted by Crippen LogP contribution is -2.24. The number of anilines is 1. The Balaban J connectivity index is 1.95. The Bertz CT molecular complexity index is 775. The van der Waals surface area contributed by atoms with Gasteiger partial charge in [0, 0.05) is 28.6 Å². The lowest BCUT2D eigenvalue weighted by molar-refractivity contribution is -0.385. The number of aromatic nitrogens is 2. The summed E-state index contributed by atoms with van der Waals surface area (Å²) in [6.45, 7) is 6.64. The smallest absolute Gasteiger partial charge is 0.273 e. The third kappa shape index (κ3) is 3.02. The van der Waals surface area contributed by atoms with Crippen LogP contribution in [0, 0.1) is 17.0 Å². The molecule has 0 N–H and O–H groups in total. The van der Waals surface area contributed by atoms with E-state index < -0.39 is 0 Å². The summed E-state index contributed by atoms with van der Waals surface area (Å²) in [5, 5.41) is 15.2. The van der Waals surface area contributed by atoms with Crippen LogP contribution in [-0.2, 0) is 0 Å². The molecule has 1 saturated heterocycles. The van der Waals surface area contributed by atoms with Gasteiger partial charge in [-0.2, -0.15) is 4.98 Å². The minimum absolute atomic E-state index is 0.0263. The van der Waals surface area contributed by atoms with Crippen molar-refractivity contribution in [1.29, 1.82) is 0 Å². The fraction of sp³-hybridized carbons (Fsp3) is 0.500. The first kappa shape index (κ1) is 16.9. The summed E-state index contributed by atoms with van der Waals surface area (Å²) in [7, 11) is 0. The number of hydrogen-bond donors (Lipinski definition) is 0. The van der Waals surface area contributed by atoms with E-state index in [1.165, 1.54) is 0 Å². The van der Waals surface area contributed by atoms with Crippen LogP contribution in [0.1, 0.15) is 55.9 Å². The fourth-order valence-electron chi connectivity index (χ4n) is 3.01. The van der Waals surface area contributed by atoms with E-state index in [1.54, 1.807) is 13.0 Å². The highest BCUT2D eigenvalue weighted by Crippen LogP contribution is 2.41. The molecule has 0 aliphatic carbocycles. The Morgan fingerprint density at radius 3 is 2.83 bits per heavy atom. The zero-order valence-electron chi connectivity index (χ0n) is 13.8. The van der Waals surface area contributed by atoms with E-state index in [4.69, 9.17) is 4.52 Å². The van der Waals surface area contributed by atoms with Crippen LogP contribution in [0.3, 0.4) is 0 Å². The van der Waals surface area contributed by atoms with Crippen LogP contribution in [0.2, 0.25) is 0 Å². The summed E-state index contributed by atoms with van der Waals surface area (Å²) < 4.78 is 6.05. The molecule has 7 nitrogen and oxygen atoms in total. The number of hydrogen-bond acceptors (Lipinski definition) is 6. The van der Waals surface area contributed by atoms with Crippen molar-refractivity contribution in [3.63, 3.8) is 0 Å². The molecular weight excluding hydrogens is 376 g/mol. The van der Waals surface area contributed by atoms with Gasteiger partial charge in [0.15, 0.2) is 5.82 Å². The molecule has 8 heteroatoms. The molecule has 2 heterocycles. The van der Waals surface area contributed by atoms with Gasteiger partial charge in [0.2, 0.25) is 5.89 Å². The quantitative estimate of drug-likeness (QED) is 0.559. The summed E-state index contributed by atoms with van der Waals surface area (Å²) in [6, 6.07) is 3.44. The van der Waals surface area contributed by atoms with E-state index in [0.717, 1.165) is 25.1 Å². The maximum atomic E-state index is 11.1. The van der Waals surface area contributed by atoms with Crippen molar-refractivity contribution in [2.45, 2.75) is 45.6 Å². The highest BCUT2D eigenvalue weighted by molar-refractivity contribution is 9.10. The van der Waals surface area contributed by atoms with Gasteiger partial charge in [-0.05, 0) is 41.8 Å². The van der Waals surface area contributed by atoms with Crippen LogP contribution in [0.5, 0.6) is 0 Å². The van der Waals surface area contributed by atoms with Crippen molar-refractivity contribution in [3.05, 3.63) is 44.0 Å². The number of benzene rings is 1. The van der Waals surface area contributed by atoms with Crippen molar-refractivity contribution in [3.8, 4) is 0 Å². The topological polar surface area (TPSA) is 85.3 Å². The van der Waals surface area contributed by atoms with E-state index in [1.807, 2.05) is 19.9 Å². The predicted octanol–water partition coefficient (Wildman–Crippen LogP) is 4.51. The van der Waals surface area contributed by atoms with Crippen molar-refractivity contribution in [2.75, 3.05) is 11.4 Å². The Morgan fingerprint density at radius 2 is 2.21 bits per heavy atom. The van der Waals surface area contributed by atoms with Gasteiger partial charge in [-0.25, -0.2) is 0 Å². The molecule has 1 unspecified atom stereocenters. The van der Waals surface area contributed by atoms with Gasteiger partial charge in [0.05, 0.1) is 16.7 Å². The van der Waals surface area contributed by atoms with Crippen molar-refractivity contribution in [1.82, 2.24) is 10.1 Å². The predicted molar refractivity (Wildman–Crippen MR) is 93.2 cm³/mol. The summed E-state index contributed by atoms with van der Waals surface area (Å²) in [5.41, 5.74) is 1.68. The molecule has 24 heavy (non-hydrogen) atoms. The SMILES string of the molecule is Cc1cc(N2CCCC2c2noc(C(C)C)n2)c(Br)cc1[N+](=O)[O-]. The van der Waals surface area contributed by atoms with Crippen LogP contribution >= 0.6 is 15.9 Å². The van der Waals surface area contributed by atoms with Crippen molar-refractivity contribution < 1.29 is 9.45 Å². The van der Waals surface area contributed by atoms with Gasteiger partial charge in [-0.1, -0.05) is 19.0 Å². The third-order valence-corrected chi connectivity index (χ3v) is 4.91. The Hall–Kier alpha value is -1.96. The summed E-state index contributed by atoms with van der Waals surface area (Å²) in [4.78, 5) is 17.4. The maximum Gasteiger partial charge on any atom is 0.273 e. The first-order valence-electron chi connectivity index (χ1n) is 7.93. The molecule has 0 bridgehead atoms. The molecule has 0 amide bonds. The minimum atomic E-state index is -0.362. The van der Waals surface area contributed by atoms with E-state index in [-0.39, 0.29) is 22.6 Å². The molecule has 1 fully saturated rings. The van der Waals surface area contributed by atoms with Crippen LogP contribution in [0.15, 0.2) is 21.1 Å². The molecule has 0 saturated carbocycles. The normalized spacial score (nSPS) is 17.7. The Morgan fingerprint density at radius 1 is 1.46 bits per heavy atom. The van der Waals surface area contributed by atoms with Gasteiger partial charge in [-0.3, -0.25) is 10.1 Å². The first-order valence-corrected chi connectivity index (χ1v) is 8.72. The highest BCUT2D eigenvalue weighted by atomic mass is 79.9. The van der Waals surface area contributed by atoms with Crippen LogP contribution < -0.4 is 4.90 Å². The lowest BCUT2D eigenvalue weighted by Gasteiger charge is -2.26. The van der Waals surface area contributed by atoms with E-state index in [2.05, 4.69) is 31.0 Å². The molecule has 1 atom stereocenters. The largest absolute Gasteiger partial charge is 0.360 e. The zero-order chi connectivity index (χ0) is 17.4. The van der Waals surface area contributed by atoms with Gasteiger partial charge in [0.1, 0.15) is 0 Å². The standard InChI is InChI=1S/C16H19BrN4O3/c1-9(2)16-18-15(19-24-16)12-5-4-6-20(12)14-7-10(3)13(21(22)23)8-11(14)17/h7-9,12H,4-6H2,1-3H3. The summed E-state index contributed by atoms with van der Waals surface area (Å²) >= 11 is 3.48. The second-order valence-corrected chi connectivity index (χ2v) is 7.20. The highest BCUT2D eigenvalue weighted by Gasteiger charge is 2.32. The number of halogens is 1. The van der Waals surface area contributed by atoms with Gasteiger partial charge < -0.3 is 9.42 Å². The van der Waals surface area contributed by atoms with Crippen LogP contribution in [0.4, 0.5) is 11.4 Å². The van der Waals surface area contributed by atoms with E-state index in [0.29, 0.717) is 21.8 Å². The minimum Gasteiger partial charge on any atom is -0.360 e. The first-order chi connectivity index (χ1) is 11.4. The molecule has 1 aromatic heterocycles. The van der Waals surface area contributed by atoms with Gasteiger partial charge in [-0.15, -0.1) is 0 Å². The summed E-state index contributed by atoms with van der Waals surface area (Å²) in [5.74, 6) is 1.50. The third-order valence-electron chi connectivity index (χ3n) is 4.27. The number of nitro benzene ring substituents is 1. The number of nitro groups is 1. The molecule has 0 radical (unpaired) electrons. The monoisotopic (exact) mass is 394 g/mol. The lowest BCUT2D eigenvalue weighted by atomic mass is 10.1. The Labute approximate surface area is 148 Å². The molecule has 1 aliphatic rings. The summed E-state index contributed by atoms with van der Waals surface area (Å²) in [6.07, 6.45) is 1.94. The molecular formula is C16H19BrN4O3. The molecule has 3 rings (SSSR count). The molecule has 2 aromatic rings. The molecule has 1 aliphatic heterocycles. The average Bonchev–Trinajstić information content (AvgIpc) is 3.16. The zero-order valence-corrected chi connectivity index (χ0v) is 15.4. The van der Waals surface area contributed by atoms with Crippen LogP contribution in [-0.4, -0.2) is 21.6 Å². The van der Waals surface area contributed by atoms with Crippen molar-refractivity contribution in [2.24, 2.45) is 0 Å². The van der Waals surface area contributed by atoms with E-state index >= 15 is 0 Å². The maximum absolute atomic E-state index is 11.1. The van der Waals surface area contributed by atoms with Crippen LogP contribution in [0.25, 0.3) is 0 Å². The number of rotatable bonds is 4.